The number of methoxy groups -OCH3 is 2. The first-order chi connectivity index (χ1) is 58.3. The number of rotatable bonds is 71. The van der Waals surface area contributed by atoms with Crippen LogP contribution in [0.1, 0.15) is 183 Å². The van der Waals surface area contributed by atoms with Gasteiger partial charge in [-0.05, 0) is 116 Å². The third kappa shape index (κ3) is 50.7. The Kier molecular flexibility index (Phi) is 68.5. The van der Waals surface area contributed by atoms with E-state index < -0.39 is 173 Å². The normalized spacial score (nSPS) is 14.6. The molecule has 2 saturated heterocycles. The number of alkyl carbamates (subject to hydrolysis) is 1. The van der Waals surface area contributed by atoms with Crippen molar-refractivity contribution in [1.82, 2.24) is 73.0 Å². The zero-order valence-corrected chi connectivity index (χ0v) is 76.4. The van der Waals surface area contributed by atoms with Crippen LogP contribution in [0, 0.1) is 0 Å². The van der Waals surface area contributed by atoms with Crippen molar-refractivity contribution in [1.29, 1.82) is 0 Å². The van der Waals surface area contributed by atoms with Gasteiger partial charge in [0.05, 0.1) is 75.6 Å². The van der Waals surface area contributed by atoms with E-state index in [4.69, 9.17) is 65.0 Å². The molecule has 8 atom stereocenters. The number of hydrazine groups is 2. The lowest BCUT2D eigenvalue weighted by Crippen LogP contribution is -2.56. The number of primary amides is 4. The maximum absolute atomic E-state index is 14.2. The van der Waals surface area contributed by atoms with Gasteiger partial charge in [0.15, 0.2) is 0 Å². The quantitative estimate of drug-likeness (QED) is 0.00885. The number of likely N-dealkylation sites (tertiary alicyclic amines) is 2. The van der Waals surface area contributed by atoms with Crippen LogP contribution < -0.4 is 99.5 Å². The predicted molar refractivity (Wildman–Crippen MR) is 482 cm³/mol. The van der Waals surface area contributed by atoms with Gasteiger partial charge in [-0.2, -0.15) is 54.0 Å². The van der Waals surface area contributed by atoms with Gasteiger partial charge in [0.1, 0.15) is 31.1 Å². The highest BCUT2D eigenvalue weighted by molar-refractivity contribution is 7.59. The van der Waals surface area contributed by atoms with Gasteiger partial charge in [-0.15, -0.1) is 0 Å². The number of nitrogens with one attached hydrogen (secondary N) is 10. The van der Waals surface area contributed by atoms with Crippen LogP contribution in [-0.4, -0.2) is 318 Å². The number of carbonyl (C=O) groups is 20. The van der Waals surface area contributed by atoms with Crippen LogP contribution in [-0.2, 0) is 110 Å². The first-order valence-corrected chi connectivity index (χ1v) is 41.5. The minimum Gasteiger partial charge on any atom is -0.463 e. The Labute approximate surface area is 765 Å². The molecule has 0 saturated carbocycles. The first kappa shape index (κ1) is 121. The van der Waals surface area contributed by atoms with Gasteiger partial charge < -0.3 is 105 Å². The molecule has 126 heavy (non-hydrogen) atoms. The molecule has 0 spiro atoms. The SMILES string of the molecule is COCCOC(=O)CCCC(=O)N(CCC(=O)CCCCC[C@H](N[C@@H](CCCCN)C(=O)C(=O)[C@@H]1CCCN1C(=O)[C@H](CCC(N)=O)NC(=O)CNC(=O)CNN)C(N)=O)CCN(CCC(=O)NCCCC[C@H](N[C@@H](CCCCN)C(=O)C(=O)[C@@H]1CCCN1C(=O)[C@H](CCC(N)=O)NC(=O)CNC(=O)CNN)C(N)=O)C(=O)CCNC(=O)OCCOC.S.S.S.S.[HH].[HH]. The molecule has 2 fully saturated rings. The van der Waals surface area contributed by atoms with Gasteiger partial charge >= 0.3 is 12.1 Å². The number of unbranched alkanes of at least 4 members (excludes halogenated alkanes) is 5. The number of ether oxygens (including phenoxy) is 4. The summed E-state index contributed by atoms with van der Waals surface area (Å²) >= 11 is 0. The van der Waals surface area contributed by atoms with Crippen LogP contribution in [0.15, 0.2) is 0 Å². The van der Waals surface area contributed by atoms with E-state index in [1.165, 1.54) is 24.0 Å². The second-order valence-electron chi connectivity index (χ2n) is 29.4. The topological polar surface area (TPSA) is 720 Å². The molecular weight excluding hydrogens is 1730 g/mol. The van der Waals surface area contributed by atoms with Crippen LogP contribution in [0.5, 0.6) is 0 Å². The number of esters is 1. The minimum atomic E-state index is -1.38. The summed E-state index contributed by atoms with van der Waals surface area (Å²) in [5.41, 5.74) is 38.2. The smallest absolute Gasteiger partial charge is 0.407 e. The Morgan fingerprint density at radius 2 is 0.825 bits per heavy atom. The van der Waals surface area contributed by atoms with Crippen molar-refractivity contribution in [3.05, 3.63) is 0 Å². The van der Waals surface area contributed by atoms with Crippen LogP contribution in [0.4, 0.5) is 4.79 Å². The number of ketones is 5. The molecule has 2 aliphatic heterocycles. The fourth-order valence-corrected chi connectivity index (χ4v) is 13.4. The number of amides is 14. The van der Waals surface area contributed by atoms with Crippen molar-refractivity contribution in [3.63, 3.8) is 0 Å². The van der Waals surface area contributed by atoms with Gasteiger partial charge in [0.25, 0.3) is 0 Å². The first-order valence-electron chi connectivity index (χ1n) is 41.5. The summed E-state index contributed by atoms with van der Waals surface area (Å²) < 4.78 is 20.0. The minimum absolute atomic E-state index is 0. The largest absolute Gasteiger partial charge is 0.463 e. The van der Waals surface area contributed by atoms with Crippen molar-refractivity contribution < 1.29 is 118 Å². The Balaban J connectivity index is -0.00000840. The molecule has 0 aromatic rings. The Morgan fingerprint density at radius 3 is 1.26 bits per heavy atom. The van der Waals surface area contributed by atoms with E-state index in [1.54, 1.807) is 0 Å². The van der Waals surface area contributed by atoms with E-state index in [2.05, 4.69) is 53.4 Å². The third-order valence-corrected chi connectivity index (χ3v) is 20.0. The molecule has 50 heteroatoms. The van der Waals surface area contributed by atoms with Gasteiger partial charge in [-0.25, -0.2) is 4.79 Å². The second-order valence-corrected chi connectivity index (χ2v) is 29.4. The molecule has 2 rings (SSSR count). The van der Waals surface area contributed by atoms with Crippen molar-refractivity contribution in [2.24, 2.45) is 46.1 Å². The summed E-state index contributed by atoms with van der Waals surface area (Å²) in [6.07, 6.45) is 0.842. The van der Waals surface area contributed by atoms with Crippen LogP contribution in [0.25, 0.3) is 0 Å². The van der Waals surface area contributed by atoms with Crippen LogP contribution in [0.3, 0.4) is 0 Å². The van der Waals surface area contributed by atoms with Crippen LogP contribution >= 0.6 is 54.0 Å². The second kappa shape index (κ2) is 71.2. The summed E-state index contributed by atoms with van der Waals surface area (Å²) in [6, 6.07) is -10.2. The number of nitrogens with zero attached hydrogens (tertiary/aromatic N) is 4. The van der Waals surface area contributed by atoms with Crippen LogP contribution in [0.2, 0.25) is 0 Å². The third-order valence-electron chi connectivity index (χ3n) is 20.0. The van der Waals surface area contributed by atoms with E-state index in [1.807, 2.05) is 0 Å². The molecule has 0 aliphatic carbocycles. The maximum atomic E-state index is 14.2. The molecule has 26 N–H and O–H groups in total. The molecule has 2 aliphatic rings. The number of Topliss-reactive ketones (excluding diaryl/α,β-unsaturated/α-hetero) is 5. The average Bonchev–Trinajstić information content (AvgIpc) is 1.61. The molecule has 0 radical (unpaired) electrons. The summed E-state index contributed by atoms with van der Waals surface area (Å²) in [6.45, 7) is -1.98. The van der Waals surface area contributed by atoms with Crippen molar-refractivity contribution >= 4 is 172 Å². The number of hydrogen-bond donors (Lipinski definition) is 18. The summed E-state index contributed by atoms with van der Waals surface area (Å²) in [5, 5.41) is 20.7. The lowest BCUT2D eigenvalue weighted by Gasteiger charge is -2.29. The maximum Gasteiger partial charge on any atom is 0.407 e. The van der Waals surface area contributed by atoms with E-state index in [0.29, 0.717) is 51.4 Å². The van der Waals surface area contributed by atoms with Gasteiger partial charge in [-0.1, -0.05) is 25.7 Å². The van der Waals surface area contributed by atoms with Gasteiger partial charge in [0, 0.05) is 121 Å². The van der Waals surface area contributed by atoms with Crippen molar-refractivity contribution in [2.45, 2.75) is 228 Å². The van der Waals surface area contributed by atoms with Gasteiger partial charge in [-0.3, -0.25) is 124 Å². The molecule has 0 aromatic heterocycles. The highest BCUT2D eigenvalue weighted by Gasteiger charge is 2.44. The summed E-state index contributed by atoms with van der Waals surface area (Å²) in [7, 11) is 2.83. The Morgan fingerprint density at radius 1 is 0.397 bits per heavy atom. The average molecular weight is 1880 g/mol. The lowest BCUT2D eigenvalue weighted by atomic mass is 9.95. The van der Waals surface area contributed by atoms with Crippen molar-refractivity contribution in [2.75, 3.05) is 132 Å². The highest BCUT2D eigenvalue weighted by atomic mass is 32.1. The zero-order chi connectivity index (χ0) is 90.9. The molecule has 14 amide bonds. The highest BCUT2D eigenvalue weighted by Crippen LogP contribution is 2.25. The van der Waals surface area contributed by atoms with E-state index in [0.717, 1.165) is 9.80 Å². The Hall–Kier alpha value is -8.80. The Bertz CT molecular complexity index is 3260. The number of hydrogen-bond acceptors (Lipinski definition) is 32. The van der Waals surface area contributed by atoms with E-state index in [-0.39, 0.29) is 296 Å². The monoisotopic (exact) mass is 1880 g/mol. The van der Waals surface area contributed by atoms with Gasteiger partial charge in [0.2, 0.25) is 99.9 Å². The number of nitrogens with two attached hydrogens (primary N) is 8. The zero-order valence-electron chi connectivity index (χ0n) is 72.4. The summed E-state index contributed by atoms with van der Waals surface area (Å²) in [4.78, 5) is 269. The lowest BCUT2D eigenvalue weighted by molar-refractivity contribution is -0.146. The molecule has 0 aromatic carbocycles. The fourth-order valence-electron chi connectivity index (χ4n) is 13.4. The molecule has 2 heterocycles. The van der Waals surface area contributed by atoms with E-state index in [9.17, 15) is 95.9 Å². The van der Waals surface area contributed by atoms with E-state index >= 15 is 0 Å². The predicted octanol–water partition coefficient (Wildman–Crippen LogP) is -6.90. The standard InChI is InChI=1S/C76H132N22O24.4H2S.2H2/c1-119-41-43-121-67(109)23-12-22-65(107)95(37-29-49(99)15-4-3-5-18-52(72(81)114)91-50(16-6-9-31-77)68(110)70(112)56-20-13-35-97(56)74(116)54(24-26-58(79)100)93-63(105)45-87-61(103)47-89-83)39-40-96(66(108)28-34-86-76(118)122-44-42-120-2)38-30-60(102)85-33-11-8-19-53(73(82)115)92-51(17-7-10-32-78)69(111)71(113)57-21-14-36-98(57)75(117)55(25-27-59(80)101)94-64(106)46-88-62(104)48-90-84;;;;;;/h50-57,89-92H,3-48,77-78,83-84H2,1-2H3,(H2,79,100)(H2,80,101)(H2,81,114)(H2,82,115)(H,85,102)(H,86,118)(H,87,103)(H,88,104)(H,93,105)(H,94,106);4*1H2;2*1H/t50-,51-,52-,53-,54-,55-,56-,57-;;;;;;/m0....../s1. The molecule has 0 unspecified atom stereocenters. The molecule has 0 bridgehead atoms. The summed E-state index contributed by atoms with van der Waals surface area (Å²) in [5.74, 6) is -3.64. The molecular formula is C76H144N22O24S4. The number of carbonyl (C=O) groups excluding carboxylic acids is 20. The fraction of sp³-hybridized carbons (Fsp3) is 0.737. The molecule has 46 nitrogen and oxygen atoms in total. The van der Waals surface area contributed by atoms with Crippen molar-refractivity contribution in [3.8, 4) is 0 Å². The molecule has 726 valence electrons.